The Morgan fingerprint density at radius 1 is 1.18 bits per heavy atom. The summed E-state index contributed by atoms with van der Waals surface area (Å²) < 4.78 is 1.90. The zero-order valence-corrected chi connectivity index (χ0v) is 20.2. The predicted molar refractivity (Wildman–Crippen MR) is 135 cm³/mol. The van der Waals surface area contributed by atoms with E-state index in [1.54, 1.807) is 31.3 Å². The van der Waals surface area contributed by atoms with Gasteiger partial charge in [0.1, 0.15) is 22.6 Å². The van der Waals surface area contributed by atoms with Gasteiger partial charge in [-0.1, -0.05) is 42.3 Å². The highest BCUT2D eigenvalue weighted by atomic mass is 35.5. The molecule has 4 aromatic rings. The van der Waals surface area contributed by atoms with Gasteiger partial charge < -0.3 is 16.5 Å². The van der Waals surface area contributed by atoms with Crippen molar-refractivity contribution in [2.75, 3.05) is 6.54 Å². The summed E-state index contributed by atoms with van der Waals surface area (Å²) in [6, 6.07) is 14.7. The normalized spacial score (nSPS) is 13.1. The van der Waals surface area contributed by atoms with Crippen LogP contribution in [-0.2, 0) is 4.79 Å². The second kappa shape index (κ2) is 9.50. The van der Waals surface area contributed by atoms with E-state index < -0.39 is 11.4 Å². The Morgan fingerprint density at radius 2 is 1.88 bits per heavy atom. The Labute approximate surface area is 206 Å². The maximum Gasteiger partial charge on any atom is 0.237 e. The lowest BCUT2D eigenvalue weighted by molar-refractivity contribution is -0.123. The Hall–Kier alpha value is -3.33. The maximum absolute atomic E-state index is 12.1. The number of likely N-dealkylation sites (N-methyl/N-ethyl adjacent to an activating group) is 1. The molecule has 2 aromatic heterocycles. The van der Waals surface area contributed by atoms with Crippen LogP contribution in [0, 0.1) is 5.41 Å². The van der Waals surface area contributed by atoms with Crippen molar-refractivity contribution in [1.82, 2.24) is 25.1 Å². The van der Waals surface area contributed by atoms with Gasteiger partial charge in [-0.05, 0) is 49.9 Å². The standard InChI is InChI=1S/C24H23Cl2N7O/c1-3-29-24(2,23(28)34)12-18(27)20-21-19(13-30-32-20)33(15-10-8-14(25)9-11-15)22(31-21)16-6-4-5-7-17(16)26/h4-11,13,27,29H,3,12H2,1-2H3,(H2,28,34). The minimum absolute atomic E-state index is 0.0270. The number of rotatable bonds is 8. The molecule has 1 amide bonds. The molecule has 2 aromatic carbocycles. The van der Waals surface area contributed by atoms with E-state index in [-0.39, 0.29) is 17.8 Å². The molecule has 0 fully saturated rings. The van der Waals surface area contributed by atoms with Crippen molar-refractivity contribution in [2.24, 2.45) is 5.73 Å². The van der Waals surface area contributed by atoms with E-state index in [1.165, 1.54) is 0 Å². The van der Waals surface area contributed by atoms with E-state index in [1.807, 2.05) is 41.8 Å². The summed E-state index contributed by atoms with van der Waals surface area (Å²) in [5.41, 5.74) is 7.48. The highest BCUT2D eigenvalue weighted by molar-refractivity contribution is 6.33. The number of fused-ring (bicyclic) bond motifs is 1. The van der Waals surface area contributed by atoms with Crippen molar-refractivity contribution in [3.05, 3.63) is 70.5 Å². The van der Waals surface area contributed by atoms with Gasteiger partial charge in [0.15, 0.2) is 0 Å². The molecule has 10 heteroatoms. The van der Waals surface area contributed by atoms with Crippen LogP contribution in [0.2, 0.25) is 10.0 Å². The average molecular weight is 496 g/mol. The quantitative estimate of drug-likeness (QED) is 0.312. The number of amides is 1. The Balaban J connectivity index is 1.93. The highest BCUT2D eigenvalue weighted by Gasteiger charge is 2.33. The zero-order valence-electron chi connectivity index (χ0n) is 18.6. The summed E-state index contributed by atoms with van der Waals surface area (Å²) in [4.78, 5) is 17.0. The van der Waals surface area contributed by atoms with Crippen molar-refractivity contribution >= 4 is 45.9 Å². The molecule has 0 radical (unpaired) electrons. The Morgan fingerprint density at radius 3 is 2.53 bits per heavy atom. The molecule has 8 nitrogen and oxygen atoms in total. The number of primary amides is 1. The average Bonchev–Trinajstić information content (AvgIpc) is 3.19. The zero-order chi connectivity index (χ0) is 24.5. The number of imidazole rings is 1. The summed E-state index contributed by atoms with van der Waals surface area (Å²) >= 11 is 12.6. The SMILES string of the molecule is CCNC(C)(CC(=N)c1nncc2c1nc(-c1ccccc1Cl)n2-c1ccc(Cl)cc1)C(N)=O. The monoisotopic (exact) mass is 495 g/mol. The van der Waals surface area contributed by atoms with Gasteiger partial charge >= 0.3 is 0 Å². The van der Waals surface area contributed by atoms with Crippen molar-refractivity contribution < 1.29 is 4.79 Å². The third kappa shape index (κ3) is 4.40. The van der Waals surface area contributed by atoms with Gasteiger partial charge in [0.05, 0.1) is 22.4 Å². The van der Waals surface area contributed by atoms with Crippen LogP contribution in [-0.4, -0.2) is 43.5 Å². The van der Waals surface area contributed by atoms with Crippen LogP contribution in [0.5, 0.6) is 0 Å². The molecular formula is C24H23Cl2N7O. The molecule has 1 atom stereocenters. The van der Waals surface area contributed by atoms with Gasteiger partial charge in [-0.3, -0.25) is 9.36 Å². The fourth-order valence-corrected chi connectivity index (χ4v) is 4.20. The van der Waals surface area contributed by atoms with Crippen LogP contribution in [0.1, 0.15) is 26.0 Å². The van der Waals surface area contributed by atoms with E-state index in [4.69, 9.17) is 39.3 Å². The summed E-state index contributed by atoms with van der Waals surface area (Å²) in [6.07, 6.45) is 1.62. The number of aromatic nitrogens is 4. The first-order chi connectivity index (χ1) is 16.2. The van der Waals surface area contributed by atoms with Gasteiger partial charge in [-0.15, -0.1) is 5.10 Å². The van der Waals surface area contributed by atoms with E-state index >= 15 is 0 Å². The van der Waals surface area contributed by atoms with Crippen LogP contribution in [0.3, 0.4) is 0 Å². The summed E-state index contributed by atoms with van der Waals surface area (Å²) in [5, 5.41) is 21.3. The summed E-state index contributed by atoms with van der Waals surface area (Å²) in [6.45, 7) is 4.06. The van der Waals surface area contributed by atoms with Crippen molar-refractivity contribution in [3.63, 3.8) is 0 Å². The van der Waals surface area contributed by atoms with Crippen molar-refractivity contribution in [1.29, 1.82) is 5.41 Å². The van der Waals surface area contributed by atoms with Gasteiger partial charge in [0.25, 0.3) is 0 Å². The first kappa shape index (κ1) is 23.8. The van der Waals surface area contributed by atoms with Gasteiger partial charge in [0.2, 0.25) is 5.91 Å². The minimum Gasteiger partial charge on any atom is -0.368 e. The number of hydrogen-bond acceptors (Lipinski definition) is 6. The number of benzene rings is 2. The van der Waals surface area contributed by atoms with E-state index in [9.17, 15) is 4.79 Å². The van der Waals surface area contributed by atoms with Crippen LogP contribution in [0.4, 0.5) is 0 Å². The lowest BCUT2D eigenvalue weighted by atomic mass is 9.92. The third-order valence-electron chi connectivity index (χ3n) is 5.60. The number of nitrogens with zero attached hydrogens (tertiary/aromatic N) is 4. The molecule has 0 aliphatic rings. The fourth-order valence-electron chi connectivity index (χ4n) is 3.86. The van der Waals surface area contributed by atoms with Crippen LogP contribution in [0.25, 0.3) is 28.1 Å². The number of carbonyl (C=O) groups is 1. The molecule has 1 unspecified atom stereocenters. The second-order valence-corrected chi connectivity index (χ2v) is 8.88. The second-order valence-electron chi connectivity index (χ2n) is 8.04. The number of nitrogens with two attached hydrogens (primary N) is 1. The van der Waals surface area contributed by atoms with E-state index in [0.29, 0.717) is 39.0 Å². The smallest absolute Gasteiger partial charge is 0.237 e. The Bertz CT molecular complexity index is 1380. The molecule has 0 spiro atoms. The van der Waals surface area contributed by atoms with Crippen LogP contribution >= 0.6 is 23.2 Å². The third-order valence-corrected chi connectivity index (χ3v) is 6.18. The van der Waals surface area contributed by atoms with Crippen molar-refractivity contribution in [2.45, 2.75) is 25.8 Å². The number of hydrogen-bond donors (Lipinski definition) is 3. The lowest BCUT2D eigenvalue weighted by Crippen LogP contribution is -2.54. The number of nitrogens with one attached hydrogen (secondary N) is 2. The van der Waals surface area contributed by atoms with E-state index in [0.717, 1.165) is 5.69 Å². The van der Waals surface area contributed by atoms with Crippen molar-refractivity contribution in [3.8, 4) is 17.1 Å². The van der Waals surface area contributed by atoms with Gasteiger partial charge in [-0.2, -0.15) is 5.10 Å². The number of carbonyl (C=O) groups excluding carboxylic acids is 1. The molecule has 34 heavy (non-hydrogen) atoms. The van der Waals surface area contributed by atoms with Gasteiger partial charge in [-0.25, -0.2) is 4.98 Å². The molecule has 0 aliphatic heterocycles. The molecule has 4 rings (SSSR count). The molecule has 174 valence electrons. The minimum atomic E-state index is -1.11. The molecule has 4 N–H and O–H groups in total. The van der Waals surface area contributed by atoms with E-state index in [2.05, 4.69) is 15.5 Å². The summed E-state index contributed by atoms with van der Waals surface area (Å²) in [7, 11) is 0. The maximum atomic E-state index is 12.1. The topological polar surface area (TPSA) is 123 Å². The molecular weight excluding hydrogens is 473 g/mol. The first-order valence-corrected chi connectivity index (χ1v) is 11.4. The van der Waals surface area contributed by atoms with Crippen LogP contribution in [0.15, 0.2) is 54.7 Å². The molecule has 0 saturated heterocycles. The van der Waals surface area contributed by atoms with Gasteiger partial charge in [0, 0.05) is 22.7 Å². The number of halogens is 2. The fraction of sp³-hybridized carbons (Fsp3) is 0.208. The molecule has 0 saturated carbocycles. The van der Waals surface area contributed by atoms with Crippen LogP contribution < -0.4 is 11.1 Å². The Kier molecular flexibility index (Phi) is 6.65. The summed E-state index contributed by atoms with van der Waals surface area (Å²) in [5.74, 6) is 0.0128. The highest BCUT2D eigenvalue weighted by Crippen LogP contribution is 2.33. The lowest BCUT2D eigenvalue weighted by Gasteiger charge is -2.26. The largest absolute Gasteiger partial charge is 0.368 e. The first-order valence-electron chi connectivity index (χ1n) is 10.6. The molecule has 2 heterocycles. The molecule has 0 aliphatic carbocycles. The predicted octanol–water partition coefficient (Wildman–Crippen LogP) is 4.40. The molecule has 0 bridgehead atoms.